The quantitative estimate of drug-likeness (QED) is 0.508. The maximum atomic E-state index is 12.8. The van der Waals surface area contributed by atoms with Crippen LogP contribution in [0.3, 0.4) is 0 Å². The van der Waals surface area contributed by atoms with Crippen molar-refractivity contribution in [1.29, 1.82) is 0 Å². The summed E-state index contributed by atoms with van der Waals surface area (Å²) in [7, 11) is 1.64. The Morgan fingerprint density at radius 1 is 1.06 bits per heavy atom. The van der Waals surface area contributed by atoms with Crippen molar-refractivity contribution in [3.8, 4) is 5.75 Å². The lowest BCUT2D eigenvalue weighted by Gasteiger charge is -2.22. The number of hydrogen-bond acceptors (Lipinski definition) is 5. The zero-order valence-corrected chi connectivity index (χ0v) is 18.0. The molecule has 1 heterocycles. The summed E-state index contributed by atoms with van der Waals surface area (Å²) in [6.45, 7) is 1.23. The molecule has 7 heteroatoms. The second-order valence-corrected chi connectivity index (χ2v) is 7.84. The van der Waals surface area contributed by atoms with Gasteiger partial charge in [-0.05, 0) is 54.8 Å². The number of carbonyl (C=O) groups is 2. The second kappa shape index (κ2) is 10.2. The van der Waals surface area contributed by atoms with Crippen molar-refractivity contribution in [3.63, 3.8) is 0 Å². The zero-order valence-electron chi connectivity index (χ0n) is 18.0. The van der Waals surface area contributed by atoms with Gasteiger partial charge in [0.15, 0.2) is 0 Å². The number of amides is 2. The molecule has 0 aliphatic heterocycles. The van der Waals surface area contributed by atoms with Crippen molar-refractivity contribution in [2.75, 3.05) is 19.0 Å². The van der Waals surface area contributed by atoms with Gasteiger partial charge in [0.2, 0.25) is 5.91 Å². The zero-order chi connectivity index (χ0) is 22.3. The first-order chi connectivity index (χ1) is 15.6. The highest BCUT2D eigenvalue weighted by molar-refractivity contribution is 6.04. The smallest absolute Gasteiger partial charge is 0.253 e. The first-order valence-electron chi connectivity index (χ1n) is 10.7. The minimum atomic E-state index is -0.269. The SMILES string of the molecule is COc1ccc(CN(CC(=O)Nc2ccccc2C(=O)NCc2ccco2)C2CC2)cc1. The van der Waals surface area contributed by atoms with Crippen molar-refractivity contribution in [3.05, 3.63) is 83.8 Å². The molecule has 0 unspecified atom stereocenters. The fourth-order valence-electron chi connectivity index (χ4n) is 3.56. The molecule has 3 aromatic rings. The summed E-state index contributed by atoms with van der Waals surface area (Å²) in [6.07, 6.45) is 3.75. The van der Waals surface area contributed by atoms with Crippen molar-refractivity contribution in [2.24, 2.45) is 0 Å². The Balaban J connectivity index is 1.37. The van der Waals surface area contributed by atoms with Crippen LogP contribution in [0.15, 0.2) is 71.3 Å². The molecule has 166 valence electrons. The van der Waals surface area contributed by atoms with Crippen LogP contribution >= 0.6 is 0 Å². The van der Waals surface area contributed by atoms with E-state index < -0.39 is 0 Å². The molecule has 1 saturated carbocycles. The van der Waals surface area contributed by atoms with Crippen LogP contribution in [0, 0.1) is 0 Å². The molecule has 4 rings (SSSR count). The number of furan rings is 1. The van der Waals surface area contributed by atoms with Gasteiger partial charge >= 0.3 is 0 Å². The number of benzene rings is 2. The lowest BCUT2D eigenvalue weighted by Crippen LogP contribution is -2.35. The molecule has 32 heavy (non-hydrogen) atoms. The van der Waals surface area contributed by atoms with E-state index in [1.807, 2.05) is 24.3 Å². The van der Waals surface area contributed by atoms with Crippen LogP contribution in [0.1, 0.15) is 34.5 Å². The van der Waals surface area contributed by atoms with Gasteiger partial charge in [-0.15, -0.1) is 0 Å². The Morgan fingerprint density at radius 3 is 2.53 bits per heavy atom. The summed E-state index contributed by atoms with van der Waals surface area (Å²) >= 11 is 0. The summed E-state index contributed by atoms with van der Waals surface area (Å²) < 4.78 is 10.5. The first kappa shape index (κ1) is 21.6. The van der Waals surface area contributed by atoms with E-state index in [1.54, 1.807) is 49.8 Å². The largest absolute Gasteiger partial charge is 0.497 e. The molecule has 0 radical (unpaired) electrons. The number of methoxy groups -OCH3 is 1. The third-order valence-electron chi connectivity index (χ3n) is 5.40. The topological polar surface area (TPSA) is 83.8 Å². The van der Waals surface area contributed by atoms with Crippen LogP contribution in [-0.4, -0.2) is 36.4 Å². The van der Waals surface area contributed by atoms with Crippen molar-refractivity contribution in [2.45, 2.75) is 32.0 Å². The highest BCUT2D eigenvalue weighted by atomic mass is 16.5. The third-order valence-corrected chi connectivity index (χ3v) is 5.40. The van der Waals surface area contributed by atoms with Gasteiger partial charge in [0, 0.05) is 12.6 Å². The van der Waals surface area contributed by atoms with Gasteiger partial charge in [-0.1, -0.05) is 24.3 Å². The number of para-hydroxylation sites is 1. The second-order valence-electron chi connectivity index (χ2n) is 7.84. The molecule has 2 aromatic carbocycles. The molecule has 0 saturated heterocycles. The van der Waals surface area contributed by atoms with Crippen LogP contribution < -0.4 is 15.4 Å². The minimum absolute atomic E-state index is 0.142. The summed E-state index contributed by atoms with van der Waals surface area (Å²) in [5, 5.41) is 5.74. The molecule has 2 amide bonds. The summed E-state index contributed by atoms with van der Waals surface area (Å²) in [6, 6.07) is 18.9. The van der Waals surface area contributed by atoms with E-state index in [0.717, 1.165) is 24.2 Å². The van der Waals surface area contributed by atoms with Gasteiger partial charge in [0.05, 0.1) is 37.7 Å². The molecule has 2 N–H and O–H groups in total. The lowest BCUT2D eigenvalue weighted by atomic mass is 10.1. The molecule has 0 spiro atoms. The molecule has 1 fully saturated rings. The molecule has 1 aromatic heterocycles. The molecular weight excluding hydrogens is 406 g/mol. The fourth-order valence-corrected chi connectivity index (χ4v) is 3.56. The third kappa shape index (κ3) is 5.76. The van der Waals surface area contributed by atoms with Gasteiger partial charge in [-0.3, -0.25) is 14.5 Å². The van der Waals surface area contributed by atoms with Crippen molar-refractivity contribution < 1.29 is 18.7 Å². The molecular formula is C25H27N3O4. The van der Waals surface area contributed by atoms with Gasteiger partial charge in [-0.25, -0.2) is 0 Å². The van der Waals surface area contributed by atoms with Crippen molar-refractivity contribution in [1.82, 2.24) is 10.2 Å². The van der Waals surface area contributed by atoms with Crippen LogP contribution in [0.2, 0.25) is 0 Å². The number of anilines is 1. The van der Waals surface area contributed by atoms with E-state index in [4.69, 9.17) is 9.15 Å². The number of carbonyl (C=O) groups excluding carboxylic acids is 2. The highest BCUT2D eigenvalue weighted by Gasteiger charge is 2.30. The number of hydrogen-bond donors (Lipinski definition) is 2. The molecule has 0 bridgehead atoms. The Morgan fingerprint density at radius 2 is 1.84 bits per heavy atom. The van der Waals surface area contributed by atoms with Crippen LogP contribution in [0.25, 0.3) is 0 Å². The first-order valence-corrected chi connectivity index (χ1v) is 10.7. The number of ether oxygens (including phenoxy) is 1. The Bertz CT molecular complexity index is 1040. The summed E-state index contributed by atoms with van der Waals surface area (Å²) in [5.41, 5.74) is 2.04. The van der Waals surface area contributed by atoms with E-state index in [9.17, 15) is 9.59 Å². The molecule has 1 aliphatic rings. The Labute approximate surface area is 187 Å². The normalized spacial score (nSPS) is 13.1. The fraction of sp³-hybridized carbons (Fsp3) is 0.280. The van der Waals surface area contributed by atoms with Crippen molar-refractivity contribution >= 4 is 17.5 Å². The van der Waals surface area contributed by atoms with E-state index in [-0.39, 0.29) is 24.9 Å². The summed E-state index contributed by atoms with van der Waals surface area (Å²) in [4.78, 5) is 27.7. The van der Waals surface area contributed by atoms with Gasteiger partial charge in [0.1, 0.15) is 11.5 Å². The van der Waals surface area contributed by atoms with Gasteiger partial charge in [-0.2, -0.15) is 0 Å². The Kier molecular flexibility index (Phi) is 6.87. The number of rotatable bonds is 10. The van der Waals surface area contributed by atoms with Crippen LogP contribution in [0.5, 0.6) is 5.75 Å². The average Bonchev–Trinajstić information content (AvgIpc) is 3.53. The predicted molar refractivity (Wildman–Crippen MR) is 121 cm³/mol. The van der Waals surface area contributed by atoms with E-state index in [1.165, 1.54) is 0 Å². The number of nitrogens with zero attached hydrogens (tertiary/aromatic N) is 1. The van der Waals surface area contributed by atoms with Gasteiger partial charge < -0.3 is 19.8 Å². The van der Waals surface area contributed by atoms with Crippen LogP contribution in [0.4, 0.5) is 5.69 Å². The monoisotopic (exact) mass is 433 g/mol. The van der Waals surface area contributed by atoms with E-state index in [2.05, 4.69) is 15.5 Å². The predicted octanol–water partition coefficient (Wildman–Crippen LogP) is 3.82. The summed E-state index contributed by atoms with van der Waals surface area (Å²) in [5.74, 6) is 1.07. The highest BCUT2D eigenvalue weighted by Crippen LogP contribution is 2.28. The average molecular weight is 434 g/mol. The minimum Gasteiger partial charge on any atom is -0.497 e. The molecule has 1 aliphatic carbocycles. The van der Waals surface area contributed by atoms with Crippen LogP contribution in [-0.2, 0) is 17.9 Å². The molecule has 7 nitrogen and oxygen atoms in total. The molecule has 0 atom stereocenters. The lowest BCUT2D eigenvalue weighted by molar-refractivity contribution is -0.117. The number of nitrogens with one attached hydrogen (secondary N) is 2. The standard InChI is InChI=1S/C25H27N3O4/c1-31-20-12-8-18(9-13-20)16-28(19-10-11-19)17-24(29)27-23-7-3-2-6-22(23)25(30)26-15-21-5-4-14-32-21/h2-9,12-14,19H,10-11,15-17H2,1H3,(H,26,30)(H,27,29). The maximum Gasteiger partial charge on any atom is 0.253 e. The van der Waals surface area contributed by atoms with Gasteiger partial charge in [0.25, 0.3) is 5.91 Å². The van der Waals surface area contributed by atoms with E-state index >= 15 is 0 Å². The maximum absolute atomic E-state index is 12.8. The Hall–Kier alpha value is -3.58. The van der Waals surface area contributed by atoms with E-state index in [0.29, 0.717) is 29.6 Å².